The van der Waals surface area contributed by atoms with Gasteiger partial charge in [-0.15, -0.1) is 0 Å². The first-order valence-corrected chi connectivity index (χ1v) is 5.34. The summed E-state index contributed by atoms with van der Waals surface area (Å²) in [7, 11) is 0. The van der Waals surface area contributed by atoms with Gasteiger partial charge < -0.3 is 20.4 Å². The van der Waals surface area contributed by atoms with E-state index in [0.29, 0.717) is 6.54 Å². The first kappa shape index (κ1) is 14.7. The Morgan fingerprint density at radius 2 is 1.94 bits per heavy atom. The fourth-order valence-corrected chi connectivity index (χ4v) is 1.25. The molecule has 0 aliphatic rings. The number of nitrogens with one attached hydrogen (secondary N) is 1. The highest BCUT2D eigenvalue weighted by atomic mass is 16.4. The van der Waals surface area contributed by atoms with Crippen molar-refractivity contribution in [3.63, 3.8) is 0 Å². The van der Waals surface area contributed by atoms with Crippen molar-refractivity contribution in [1.82, 2.24) is 10.2 Å². The number of amides is 2. The summed E-state index contributed by atoms with van der Waals surface area (Å²) in [5, 5.41) is 19.7. The van der Waals surface area contributed by atoms with E-state index in [2.05, 4.69) is 5.32 Å². The summed E-state index contributed by atoms with van der Waals surface area (Å²) in [4.78, 5) is 23.8. The molecule has 1 unspecified atom stereocenters. The summed E-state index contributed by atoms with van der Waals surface area (Å²) >= 11 is 0. The Kier molecular flexibility index (Phi) is 6.48. The Morgan fingerprint density at radius 3 is 2.25 bits per heavy atom. The van der Waals surface area contributed by atoms with Crippen LogP contribution in [-0.4, -0.2) is 52.3 Å². The van der Waals surface area contributed by atoms with Crippen molar-refractivity contribution in [3.05, 3.63) is 0 Å². The van der Waals surface area contributed by atoms with Gasteiger partial charge in [0.25, 0.3) is 0 Å². The summed E-state index contributed by atoms with van der Waals surface area (Å²) in [6, 6.07) is -1.71. The molecule has 6 nitrogen and oxygen atoms in total. The van der Waals surface area contributed by atoms with E-state index in [4.69, 9.17) is 10.2 Å². The van der Waals surface area contributed by atoms with Crippen LogP contribution in [0.4, 0.5) is 4.79 Å². The van der Waals surface area contributed by atoms with E-state index in [1.54, 1.807) is 0 Å². The molecule has 0 bridgehead atoms. The van der Waals surface area contributed by atoms with Crippen LogP contribution in [0.3, 0.4) is 0 Å². The molecule has 0 rings (SSSR count). The number of urea groups is 1. The third-order valence-electron chi connectivity index (χ3n) is 2.13. The Labute approximate surface area is 95.2 Å². The van der Waals surface area contributed by atoms with Crippen LogP contribution in [0, 0.1) is 0 Å². The largest absolute Gasteiger partial charge is 0.480 e. The van der Waals surface area contributed by atoms with Crippen molar-refractivity contribution in [1.29, 1.82) is 0 Å². The summed E-state index contributed by atoms with van der Waals surface area (Å²) in [5.41, 5.74) is 0. The van der Waals surface area contributed by atoms with Gasteiger partial charge in [-0.3, -0.25) is 0 Å². The van der Waals surface area contributed by atoms with Crippen LogP contribution >= 0.6 is 0 Å². The number of carbonyl (C=O) groups excluding carboxylic acids is 1. The molecule has 94 valence electrons. The lowest BCUT2D eigenvalue weighted by Gasteiger charge is -2.27. The van der Waals surface area contributed by atoms with E-state index in [1.807, 2.05) is 20.8 Å². The molecular formula is C10H20N2O4. The average molecular weight is 232 g/mol. The lowest BCUT2D eigenvalue weighted by molar-refractivity contribution is -0.140. The van der Waals surface area contributed by atoms with Crippen LogP contribution in [0.2, 0.25) is 0 Å². The monoisotopic (exact) mass is 232 g/mol. The highest BCUT2D eigenvalue weighted by Crippen LogP contribution is 2.01. The van der Waals surface area contributed by atoms with Gasteiger partial charge in [-0.1, -0.05) is 6.92 Å². The maximum Gasteiger partial charge on any atom is 0.328 e. The van der Waals surface area contributed by atoms with Gasteiger partial charge >= 0.3 is 12.0 Å². The Balaban J connectivity index is 4.44. The van der Waals surface area contributed by atoms with Gasteiger partial charge in [-0.2, -0.15) is 0 Å². The molecule has 3 N–H and O–H groups in total. The molecule has 0 fully saturated rings. The number of rotatable bonds is 6. The molecule has 0 heterocycles. The Hall–Kier alpha value is -1.30. The molecule has 16 heavy (non-hydrogen) atoms. The van der Waals surface area contributed by atoms with Crippen LogP contribution in [0.25, 0.3) is 0 Å². The Bertz CT molecular complexity index is 243. The SMILES string of the molecule is CCCN(C(=O)NC(CO)C(=O)O)C(C)C. The minimum atomic E-state index is -1.24. The van der Waals surface area contributed by atoms with Gasteiger partial charge in [-0.05, 0) is 20.3 Å². The maximum absolute atomic E-state index is 11.7. The van der Waals surface area contributed by atoms with Crippen molar-refractivity contribution >= 4 is 12.0 Å². The summed E-state index contributed by atoms with van der Waals surface area (Å²) < 4.78 is 0. The number of hydrogen-bond donors (Lipinski definition) is 3. The third-order valence-corrected chi connectivity index (χ3v) is 2.13. The predicted molar refractivity (Wildman–Crippen MR) is 59.2 cm³/mol. The first-order valence-electron chi connectivity index (χ1n) is 5.34. The molecule has 0 aliphatic carbocycles. The van der Waals surface area contributed by atoms with Crippen LogP contribution < -0.4 is 5.32 Å². The molecule has 0 aromatic heterocycles. The normalized spacial score (nSPS) is 12.3. The molecule has 0 saturated carbocycles. The highest BCUT2D eigenvalue weighted by molar-refractivity contribution is 5.82. The minimum absolute atomic E-state index is 0.00640. The molecular weight excluding hydrogens is 212 g/mol. The van der Waals surface area contributed by atoms with E-state index in [9.17, 15) is 9.59 Å². The second-order valence-corrected chi connectivity index (χ2v) is 3.81. The van der Waals surface area contributed by atoms with E-state index < -0.39 is 24.6 Å². The number of aliphatic carboxylic acids is 1. The van der Waals surface area contributed by atoms with E-state index in [0.717, 1.165) is 6.42 Å². The Morgan fingerprint density at radius 1 is 1.38 bits per heavy atom. The van der Waals surface area contributed by atoms with Gasteiger partial charge in [0.15, 0.2) is 6.04 Å². The van der Waals surface area contributed by atoms with Crippen molar-refractivity contribution in [3.8, 4) is 0 Å². The topological polar surface area (TPSA) is 89.9 Å². The average Bonchev–Trinajstić information content (AvgIpc) is 2.21. The molecule has 0 saturated heterocycles. The van der Waals surface area contributed by atoms with E-state index >= 15 is 0 Å². The summed E-state index contributed by atoms with van der Waals surface area (Å²) in [6.45, 7) is 5.58. The molecule has 1 atom stereocenters. The molecule has 0 aromatic carbocycles. The first-order chi connectivity index (χ1) is 7.43. The fourth-order valence-electron chi connectivity index (χ4n) is 1.25. The van der Waals surface area contributed by atoms with Crippen molar-refractivity contribution in [2.75, 3.05) is 13.2 Å². The second-order valence-electron chi connectivity index (χ2n) is 3.81. The van der Waals surface area contributed by atoms with E-state index in [-0.39, 0.29) is 6.04 Å². The molecule has 6 heteroatoms. The lowest BCUT2D eigenvalue weighted by atomic mass is 10.3. The quantitative estimate of drug-likeness (QED) is 0.613. The third kappa shape index (κ3) is 4.48. The zero-order chi connectivity index (χ0) is 12.7. The van der Waals surface area contributed by atoms with E-state index in [1.165, 1.54) is 4.90 Å². The van der Waals surface area contributed by atoms with Crippen LogP contribution in [0.5, 0.6) is 0 Å². The second kappa shape index (κ2) is 7.05. The minimum Gasteiger partial charge on any atom is -0.480 e. The maximum atomic E-state index is 11.7. The van der Waals surface area contributed by atoms with Crippen LogP contribution in [0.15, 0.2) is 0 Å². The number of hydrogen-bond acceptors (Lipinski definition) is 3. The number of carboxylic acids is 1. The smallest absolute Gasteiger partial charge is 0.328 e. The zero-order valence-electron chi connectivity index (χ0n) is 9.93. The lowest BCUT2D eigenvalue weighted by Crippen LogP contribution is -2.51. The number of aliphatic hydroxyl groups excluding tert-OH is 1. The van der Waals surface area contributed by atoms with Crippen LogP contribution in [0.1, 0.15) is 27.2 Å². The molecule has 0 radical (unpaired) electrons. The van der Waals surface area contributed by atoms with Gasteiger partial charge in [-0.25, -0.2) is 9.59 Å². The van der Waals surface area contributed by atoms with Crippen molar-refractivity contribution in [2.45, 2.75) is 39.3 Å². The number of nitrogens with zero attached hydrogens (tertiary/aromatic N) is 1. The summed E-state index contributed by atoms with van der Waals surface area (Å²) in [6.07, 6.45) is 0.794. The predicted octanol–water partition coefficient (Wildman–Crippen LogP) is 0.262. The molecule has 2 amide bonds. The number of carboxylic acid groups (broad SMARTS) is 1. The zero-order valence-corrected chi connectivity index (χ0v) is 9.93. The van der Waals surface area contributed by atoms with Gasteiger partial charge in [0.2, 0.25) is 0 Å². The molecule has 0 aromatic rings. The van der Waals surface area contributed by atoms with Crippen LogP contribution in [-0.2, 0) is 4.79 Å². The standard InChI is InChI=1S/C10H20N2O4/c1-4-5-12(7(2)3)10(16)11-8(6-13)9(14)15/h7-8,13H,4-6H2,1-3H3,(H,11,16)(H,14,15). The highest BCUT2D eigenvalue weighted by Gasteiger charge is 2.23. The fraction of sp³-hybridized carbons (Fsp3) is 0.800. The number of carbonyl (C=O) groups is 2. The van der Waals surface area contributed by atoms with Gasteiger partial charge in [0.05, 0.1) is 6.61 Å². The van der Waals surface area contributed by atoms with Crippen molar-refractivity contribution in [2.24, 2.45) is 0 Å². The van der Waals surface area contributed by atoms with Crippen molar-refractivity contribution < 1.29 is 19.8 Å². The summed E-state index contributed by atoms with van der Waals surface area (Å²) in [5.74, 6) is -1.24. The number of aliphatic hydroxyl groups is 1. The molecule has 0 aliphatic heterocycles. The molecule has 0 spiro atoms. The van der Waals surface area contributed by atoms with Gasteiger partial charge in [0.1, 0.15) is 0 Å². The van der Waals surface area contributed by atoms with Gasteiger partial charge in [0, 0.05) is 12.6 Å².